The summed E-state index contributed by atoms with van der Waals surface area (Å²) >= 11 is 0. The monoisotopic (exact) mass is 486 g/mol. The summed E-state index contributed by atoms with van der Waals surface area (Å²) in [7, 11) is 1.78. The van der Waals surface area contributed by atoms with Gasteiger partial charge in [0.05, 0.1) is 24.1 Å². The average Bonchev–Trinajstić information content (AvgIpc) is 2.87. The normalized spacial score (nSPS) is 24.9. The summed E-state index contributed by atoms with van der Waals surface area (Å²) in [5.74, 6) is 0.198. The second-order valence-electron chi connectivity index (χ2n) is 9.74. The van der Waals surface area contributed by atoms with Crippen LogP contribution in [0.3, 0.4) is 0 Å². The van der Waals surface area contributed by atoms with E-state index >= 15 is 0 Å². The van der Waals surface area contributed by atoms with Gasteiger partial charge in [0.25, 0.3) is 5.91 Å². The van der Waals surface area contributed by atoms with Gasteiger partial charge in [-0.1, -0.05) is 13.3 Å². The highest BCUT2D eigenvalue weighted by atomic mass is 16.5. The van der Waals surface area contributed by atoms with Crippen LogP contribution in [0.5, 0.6) is 5.75 Å². The van der Waals surface area contributed by atoms with E-state index in [0.717, 1.165) is 26.1 Å². The van der Waals surface area contributed by atoms with Crippen molar-refractivity contribution in [2.24, 2.45) is 0 Å². The van der Waals surface area contributed by atoms with Crippen molar-refractivity contribution < 1.29 is 23.9 Å². The van der Waals surface area contributed by atoms with Crippen molar-refractivity contribution in [3.8, 4) is 5.75 Å². The first-order valence-electron chi connectivity index (χ1n) is 12.9. The number of hydrogen-bond donors (Lipinski definition) is 2. The zero-order valence-corrected chi connectivity index (χ0v) is 20.9. The number of piperidine rings is 1. The summed E-state index contributed by atoms with van der Waals surface area (Å²) in [6.45, 7) is 5.87. The summed E-state index contributed by atoms with van der Waals surface area (Å²) in [4.78, 5) is 41.7. The van der Waals surface area contributed by atoms with Crippen molar-refractivity contribution in [1.82, 2.24) is 15.1 Å². The number of benzene rings is 1. The molecule has 0 bridgehead atoms. The molecule has 2 fully saturated rings. The lowest BCUT2D eigenvalue weighted by Crippen LogP contribution is -2.54. The lowest BCUT2D eigenvalue weighted by molar-refractivity contribution is -0.134. The van der Waals surface area contributed by atoms with E-state index in [1.807, 2.05) is 0 Å². The van der Waals surface area contributed by atoms with Gasteiger partial charge in [-0.05, 0) is 57.0 Å². The molecule has 1 aromatic rings. The number of hydrogen-bond acceptors (Lipinski definition) is 6. The Morgan fingerprint density at radius 3 is 2.69 bits per heavy atom. The molecule has 2 N–H and O–H groups in total. The molecule has 2 saturated heterocycles. The number of rotatable bonds is 7. The van der Waals surface area contributed by atoms with Crippen LogP contribution in [0.15, 0.2) is 18.2 Å². The van der Waals surface area contributed by atoms with Crippen LogP contribution >= 0.6 is 0 Å². The maximum atomic E-state index is 13.3. The van der Waals surface area contributed by atoms with E-state index in [1.165, 1.54) is 19.3 Å². The number of likely N-dealkylation sites (tertiary alicyclic amines) is 1. The first kappa shape index (κ1) is 25.4. The molecule has 0 unspecified atom stereocenters. The second kappa shape index (κ2) is 11.9. The number of nitrogens with zero attached hydrogens (tertiary/aromatic N) is 2. The van der Waals surface area contributed by atoms with Crippen molar-refractivity contribution in [3.05, 3.63) is 23.8 Å². The van der Waals surface area contributed by atoms with Gasteiger partial charge in [0.2, 0.25) is 11.8 Å². The number of amides is 3. The van der Waals surface area contributed by atoms with Gasteiger partial charge < -0.3 is 29.9 Å². The molecule has 9 nitrogen and oxygen atoms in total. The number of anilines is 1. The number of carbonyl (C=O) groups excluding carboxylic acids is 3. The van der Waals surface area contributed by atoms with Crippen LogP contribution in [-0.4, -0.2) is 85.6 Å². The van der Waals surface area contributed by atoms with Crippen LogP contribution < -0.4 is 15.4 Å². The van der Waals surface area contributed by atoms with Crippen LogP contribution in [0, 0.1) is 0 Å². The predicted octanol–water partition coefficient (Wildman–Crippen LogP) is 2.41. The molecule has 3 amide bonds. The van der Waals surface area contributed by atoms with Gasteiger partial charge in [0, 0.05) is 32.2 Å². The van der Waals surface area contributed by atoms with Crippen molar-refractivity contribution in [2.75, 3.05) is 45.2 Å². The third-order valence-electron chi connectivity index (χ3n) is 7.23. The largest absolute Gasteiger partial charge is 0.490 e. The van der Waals surface area contributed by atoms with Crippen LogP contribution in [0.4, 0.5) is 5.69 Å². The van der Waals surface area contributed by atoms with E-state index in [9.17, 15) is 14.4 Å². The average molecular weight is 487 g/mol. The minimum absolute atomic E-state index is 0.00801. The molecule has 1 aromatic carbocycles. The van der Waals surface area contributed by atoms with E-state index in [0.29, 0.717) is 49.4 Å². The van der Waals surface area contributed by atoms with Crippen molar-refractivity contribution in [3.63, 3.8) is 0 Å². The zero-order chi connectivity index (χ0) is 24.8. The van der Waals surface area contributed by atoms with Crippen LogP contribution in [0.2, 0.25) is 0 Å². The second-order valence-corrected chi connectivity index (χ2v) is 9.74. The van der Waals surface area contributed by atoms with Gasteiger partial charge in [-0.15, -0.1) is 0 Å². The van der Waals surface area contributed by atoms with Crippen molar-refractivity contribution in [2.45, 2.75) is 70.1 Å². The molecule has 0 aromatic heterocycles. The van der Waals surface area contributed by atoms with E-state index in [2.05, 4.69) is 15.5 Å². The molecule has 4 rings (SSSR count). The lowest BCUT2D eigenvalue weighted by atomic mass is 9.94. The highest BCUT2D eigenvalue weighted by Crippen LogP contribution is 2.32. The van der Waals surface area contributed by atoms with E-state index < -0.39 is 0 Å². The minimum atomic E-state index is -0.309. The number of likely N-dealkylation sites (N-methyl/N-ethyl adjacent to an activating group) is 1. The quantitative estimate of drug-likeness (QED) is 0.614. The van der Waals surface area contributed by atoms with E-state index in [1.54, 1.807) is 37.1 Å². The molecule has 35 heavy (non-hydrogen) atoms. The molecule has 0 spiro atoms. The van der Waals surface area contributed by atoms with E-state index in [-0.39, 0.29) is 36.0 Å². The fourth-order valence-corrected chi connectivity index (χ4v) is 5.17. The first-order valence-corrected chi connectivity index (χ1v) is 12.9. The summed E-state index contributed by atoms with van der Waals surface area (Å²) in [5, 5.41) is 5.83. The third kappa shape index (κ3) is 6.52. The molecule has 0 saturated carbocycles. The molecule has 0 radical (unpaired) electrons. The highest BCUT2D eigenvalue weighted by Gasteiger charge is 2.39. The van der Waals surface area contributed by atoms with Crippen LogP contribution in [-0.2, 0) is 14.3 Å². The van der Waals surface area contributed by atoms with Gasteiger partial charge in [-0.2, -0.15) is 0 Å². The first-order chi connectivity index (χ1) is 16.9. The number of ether oxygens (including phenoxy) is 2. The van der Waals surface area contributed by atoms with E-state index in [4.69, 9.17) is 9.47 Å². The minimum Gasteiger partial charge on any atom is -0.490 e. The standard InChI is InChI=1S/C26H38N4O5/c1-3-24(31)28-18-7-10-22-20(15-18)26(33)29(2)21-9-8-19(35-23(21)17-34-22)16-25(32)27-11-14-30-12-5-4-6-13-30/h7,10,15,19,21,23H,3-6,8-9,11-14,16-17H2,1-2H3,(H,27,32)(H,28,31)/t19-,21-,23-/m0/s1. The molecule has 3 heterocycles. The topological polar surface area (TPSA) is 100 Å². The SMILES string of the molecule is CCC(=O)Nc1ccc2c(c1)C(=O)N(C)[C@H]1CC[C@@H](CC(=O)NCCN3CCCCC3)O[C@H]1CO2. The van der Waals surface area contributed by atoms with Gasteiger partial charge in [-0.3, -0.25) is 14.4 Å². The van der Waals surface area contributed by atoms with Gasteiger partial charge >= 0.3 is 0 Å². The summed E-state index contributed by atoms with van der Waals surface area (Å²) in [5.41, 5.74) is 0.999. The summed E-state index contributed by atoms with van der Waals surface area (Å²) in [6, 6.07) is 4.98. The fraction of sp³-hybridized carbons (Fsp3) is 0.654. The van der Waals surface area contributed by atoms with Crippen LogP contribution in [0.25, 0.3) is 0 Å². The lowest BCUT2D eigenvalue weighted by Gasteiger charge is -2.42. The van der Waals surface area contributed by atoms with Crippen molar-refractivity contribution >= 4 is 23.4 Å². The molecular formula is C26H38N4O5. The Labute approximate surface area is 207 Å². The Morgan fingerprint density at radius 2 is 1.91 bits per heavy atom. The Kier molecular flexibility index (Phi) is 8.62. The summed E-state index contributed by atoms with van der Waals surface area (Å²) in [6.07, 6.45) is 5.41. The molecular weight excluding hydrogens is 448 g/mol. The van der Waals surface area contributed by atoms with Crippen molar-refractivity contribution in [1.29, 1.82) is 0 Å². The third-order valence-corrected chi connectivity index (χ3v) is 7.23. The van der Waals surface area contributed by atoms with Gasteiger partial charge in [0.1, 0.15) is 18.5 Å². The molecule has 9 heteroatoms. The fourth-order valence-electron chi connectivity index (χ4n) is 5.17. The maximum absolute atomic E-state index is 13.3. The molecule has 3 atom stereocenters. The Hall–Kier alpha value is -2.65. The number of fused-ring (bicyclic) bond motifs is 2. The molecule has 3 aliphatic rings. The maximum Gasteiger partial charge on any atom is 0.257 e. The molecule has 192 valence electrons. The Morgan fingerprint density at radius 1 is 1.11 bits per heavy atom. The Bertz CT molecular complexity index is 917. The van der Waals surface area contributed by atoms with Crippen LogP contribution in [0.1, 0.15) is 62.2 Å². The Balaban J connectivity index is 1.32. The number of nitrogens with one attached hydrogen (secondary N) is 2. The van der Waals surface area contributed by atoms with Gasteiger partial charge in [0.15, 0.2) is 0 Å². The number of carbonyl (C=O) groups is 3. The zero-order valence-electron chi connectivity index (χ0n) is 20.9. The molecule has 0 aliphatic carbocycles. The summed E-state index contributed by atoms with van der Waals surface area (Å²) < 4.78 is 12.3. The van der Waals surface area contributed by atoms with Gasteiger partial charge in [-0.25, -0.2) is 0 Å². The highest BCUT2D eigenvalue weighted by molar-refractivity contribution is 5.99. The predicted molar refractivity (Wildman–Crippen MR) is 133 cm³/mol. The molecule has 3 aliphatic heterocycles. The smallest absolute Gasteiger partial charge is 0.257 e.